The van der Waals surface area contributed by atoms with Gasteiger partial charge in [0.2, 0.25) is 0 Å². The minimum Gasteiger partial charge on any atom is -0.304 e. The topological polar surface area (TPSA) is 12.9 Å². The Morgan fingerprint density at radius 3 is 2.48 bits per heavy atom. The maximum absolute atomic E-state index is 4.59. The molecular formula is C19H14NPt-. The molecule has 0 amide bonds. The number of hydrogen-bond donors (Lipinski definition) is 0. The van der Waals surface area contributed by atoms with Crippen LogP contribution in [-0.4, -0.2) is 4.98 Å². The van der Waals surface area contributed by atoms with Gasteiger partial charge in [-0.25, -0.2) is 0 Å². The zero-order valence-corrected chi connectivity index (χ0v) is 13.9. The van der Waals surface area contributed by atoms with Crippen LogP contribution < -0.4 is 0 Å². The largest absolute Gasteiger partial charge is 0.304 e. The average Bonchev–Trinajstić information content (AvgIpc) is 2.80. The number of hydrogen-bond acceptors (Lipinski definition) is 1. The van der Waals surface area contributed by atoms with Crippen molar-refractivity contribution < 1.29 is 21.1 Å². The van der Waals surface area contributed by atoms with Crippen LogP contribution in [0, 0.1) is 6.07 Å². The molecule has 0 N–H and O–H groups in total. The Kier molecular flexibility index (Phi) is 3.55. The van der Waals surface area contributed by atoms with E-state index in [-0.39, 0.29) is 26.5 Å². The number of nitrogens with zero attached hydrogens (tertiary/aromatic N) is 1. The summed E-state index contributed by atoms with van der Waals surface area (Å²) >= 11 is 0. The molecule has 3 aromatic rings. The van der Waals surface area contributed by atoms with E-state index in [1.165, 1.54) is 16.7 Å². The van der Waals surface area contributed by atoms with Crippen LogP contribution in [0.25, 0.3) is 11.3 Å². The van der Waals surface area contributed by atoms with Crippen LogP contribution in [0.4, 0.5) is 0 Å². The molecule has 2 heteroatoms. The standard InChI is InChI=1S/C19H14N.Pt/c1-19(14-8-3-2-4-9-14)16-11-6-5-10-15(16)18-17(19)12-7-13-20-18;/h2-9,11-13H,1H3;/q-1;. The van der Waals surface area contributed by atoms with Gasteiger partial charge in [-0.2, -0.15) is 0 Å². The summed E-state index contributed by atoms with van der Waals surface area (Å²) in [7, 11) is 0. The van der Waals surface area contributed by atoms with Crippen molar-refractivity contribution in [3.05, 3.63) is 89.6 Å². The summed E-state index contributed by atoms with van der Waals surface area (Å²) in [6.45, 7) is 2.28. The van der Waals surface area contributed by atoms with Gasteiger partial charge in [-0.1, -0.05) is 48.9 Å². The molecule has 4 rings (SSSR count). The van der Waals surface area contributed by atoms with Crippen LogP contribution in [-0.2, 0) is 26.5 Å². The molecule has 0 saturated heterocycles. The van der Waals surface area contributed by atoms with Crippen molar-refractivity contribution in [3.63, 3.8) is 0 Å². The first-order chi connectivity index (χ1) is 9.82. The van der Waals surface area contributed by atoms with Gasteiger partial charge < -0.3 is 4.98 Å². The fourth-order valence-electron chi connectivity index (χ4n) is 3.29. The molecule has 1 aromatic heterocycles. The second-order valence-electron chi connectivity index (χ2n) is 5.35. The van der Waals surface area contributed by atoms with E-state index in [4.69, 9.17) is 0 Å². The zero-order chi connectivity index (χ0) is 13.6. The van der Waals surface area contributed by atoms with E-state index < -0.39 is 0 Å². The molecular weight excluding hydrogens is 437 g/mol. The number of benzene rings is 2. The molecule has 1 nitrogen and oxygen atoms in total. The molecule has 0 saturated carbocycles. The van der Waals surface area contributed by atoms with E-state index in [2.05, 4.69) is 66.5 Å². The predicted octanol–water partition coefficient (Wildman–Crippen LogP) is 4.21. The third-order valence-corrected chi connectivity index (χ3v) is 4.33. The quantitative estimate of drug-likeness (QED) is 0.505. The second-order valence-corrected chi connectivity index (χ2v) is 5.35. The fourth-order valence-corrected chi connectivity index (χ4v) is 3.29. The van der Waals surface area contributed by atoms with Gasteiger partial charge in [-0.3, -0.25) is 0 Å². The molecule has 1 atom stereocenters. The van der Waals surface area contributed by atoms with E-state index in [1.54, 1.807) is 0 Å². The van der Waals surface area contributed by atoms with Crippen LogP contribution in [0.2, 0.25) is 0 Å². The van der Waals surface area contributed by atoms with Gasteiger partial charge in [0.1, 0.15) is 0 Å². The van der Waals surface area contributed by atoms with E-state index in [0.717, 1.165) is 11.3 Å². The minimum atomic E-state index is -0.141. The van der Waals surface area contributed by atoms with E-state index in [0.29, 0.717) is 0 Å². The van der Waals surface area contributed by atoms with E-state index >= 15 is 0 Å². The molecule has 1 heterocycles. The first kappa shape index (κ1) is 14.2. The zero-order valence-electron chi connectivity index (χ0n) is 11.6. The Hall–Kier alpha value is -1.72. The third-order valence-electron chi connectivity index (χ3n) is 4.33. The SMILES string of the molecule is CC1(c2ccccc2)c2ccc[c-]c2-c2ncccc21.[Pt]. The summed E-state index contributed by atoms with van der Waals surface area (Å²) in [5.41, 5.74) is 5.91. The van der Waals surface area contributed by atoms with Gasteiger partial charge >= 0.3 is 0 Å². The van der Waals surface area contributed by atoms with Crippen molar-refractivity contribution in [1.82, 2.24) is 4.98 Å². The van der Waals surface area contributed by atoms with E-state index in [1.807, 2.05) is 18.3 Å². The molecule has 0 spiro atoms. The normalized spacial score (nSPS) is 18.5. The predicted molar refractivity (Wildman–Crippen MR) is 80.5 cm³/mol. The average molecular weight is 451 g/mol. The van der Waals surface area contributed by atoms with Gasteiger partial charge in [-0.05, 0) is 17.3 Å². The van der Waals surface area contributed by atoms with Gasteiger partial charge in [0.15, 0.2) is 0 Å². The molecule has 0 aliphatic heterocycles. The Morgan fingerprint density at radius 2 is 1.67 bits per heavy atom. The molecule has 1 aliphatic rings. The van der Waals surface area contributed by atoms with Crippen molar-refractivity contribution in [1.29, 1.82) is 0 Å². The van der Waals surface area contributed by atoms with Crippen LogP contribution in [0.1, 0.15) is 23.6 Å². The Bertz CT molecular complexity index is 735. The summed E-state index contributed by atoms with van der Waals surface area (Å²) in [5, 5.41) is 0. The minimum absolute atomic E-state index is 0. The first-order valence-corrected chi connectivity index (χ1v) is 6.84. The van der Waals surface area contributed by atoms with Crippen molar-refractivity contribution >= 4 is 0 Å². The van der Waals surface area contributed by atoms with Gasteiger partial charge in [0, 0.05) is 32.7 Å². The molecule has 2 aromatic carbocycles. The molecule has 0 radical (unpaired) electrons. The molecule has 0 bridgehead atoms. The van der Waals surface area contributed by atoms with Crippen LogP contribution in [0.3, 0.4) is 0 Å². The number of rotatable bonds is 1. The Labute approximate surface area is 139 Å². The smallest absolute Gasteiger partial charge is 0.0160 e. The van der Waals surface area contributed by atoms with Crippen LogP contribution in [0.15, 0.2) is 66.9 Å². The summed E-state index contributed by atoms with van der Waals surface area (Å²) in [6.07, 6.45) is 1.86. The van der Waals surface area contributed by atoms with E-state index in [9.17, 15) is 0 Å². The van der Waals surface area contributed by atoms with Gasteiger partial charge in [0.05, 0.1) is 0 Å². The molecule has 21 heavy (non-hydrogen) atoms. The number of pyridine rings is 1. The monoisotopic (exact) mass is 451 g/mol. The molecule has 1 unspecified atom stereocenters. The van der Waals surface area contributed by atoms with Gasteiger partial charge in [-0.15, -0.1) is 35.4 Å². The maximum Gasteiger partial charge on any atom is 0.0160 e. The fraction of sp³-hybridized carbons (Fsp3) is 0.105. The Balaban J connectivity index is 0.00000132. The van der Waals surface area contributed by atoms with Crippen LogP contribution in [0.5, 0.6) is 0 Å². The van der Waals surface area contributed by atoms with Crippen molar-refractivity contribution in [2.24, 2.45) is 0 Å². The molecule has 1 aliphatic carbocycles. The summed E-state index contributed by atoms with van der Waals surface area (Å²) in [4.78, 5) is 4.59. The van der Waals surface area contributed by atoms with Crippen molar-refractivity contribution in [2.45, 2.75) is 12.3 Å². The number of fused-ring (bicyclic) bond motifs is 3. The van der Waals surface area contributed by atoms with Crippen molar-refractivity contribution in [2.75, 3.05) is 0 Å². The van der Waals surface area contributed by atoms with Gasteiger partial charge in [0.25, 0.3) is 0 Å². The Morgan fingerprint density at radius 1 is 0.905 bits per heavy atom. The third kappa shape index (κ3) is 1.92. The summed E-state index contributed by atoms with van der Waals surface area (Å²) in [5.74, 6) is 0. The number of aromatic nitrogens is 1. The molecule has 0 fully saturated rings. The second kappa shape index (κ2) is 5.24. The summed E-state index contributed by atoms with van der Waals surface area (Å²) < 4.78 is 0. The maximum atomic E-state index is 4.59. The van der Waals surface area contributed by atoms with Crippen LogP contribution >= 0.6 is 0 Å². The van der Waals surface area contributed by atoms with Crippen molar-refractivity contribution in [3.8, 4) is 11.3 Å². The first-order valence-electron chi connectivity index (χ1n) is 6.84. The summed E-state index contributed by atoms with van der Waals surface area (Å²) in [6, 6.07) is 24.4. The molecule has 106 valence electrons.